The van der Waals surface area contributed by atoms with Crippen LogP contribution in [0.3, 0.4) is 0 Å². The minimum absolute atomic E-state index is 0.0663. The highest BCUT2D eigenvalue weighted by atomic mass is 19.4. The van der Waals surface area contributed by atoms with Gasteiger partial charge in [0, 0.05) is 37.1 Å². The summed E-state index contributed by atoms with van der Waals surface area (Å²) in [5, 5.41) is 8.48. The van der Waals surface area contributed by atoms with Crippen molar-refractivity contribution in [2.45, 2.75) is 12.7 Å². The highest BCUT2D eigenvalue weighted by Crippen LogP contribution is 2.32. The van der Waals surface area contributed by atoms with Gasteiger partial charge >= 0.3 is 6.18 Å². The lowest BCUT2D eigenvalue weighted by Gasteiger charge is -2.12. The number of nitrogens with zero attached hydrogens (tertiary/aromatic N) is 2. The molecule has 4 rings (SSSR count). The Bertz CT molecular complexity index is 1300. The third kappa shape index (κ3) is 6.70. The first kappa shape index (κ1) is 24.9. The summed E-state index contributed by atoms with van der Waals surface area (Å²) in [7, 11) is 1.63. The number of carbonyl (C=O) groups excluding carboxylic acids is 1. The fourth-order valence-electron chi connectivity index (χ4n) is 3.58. The van der Waals surface area contributed by atoms with Crippen LogP contribution in [0.25, 0.3) is 6.08 Å². The number of carbonyl (C=O) groups is 1. The molecule has 0 fully saturated rings. The predicted molar refractivity (Wildman–Crippen MR) is 132 cm³/mol. The van der Waals surface area contributed by atoms with Crippen molar-refractivity contribution < 1.29 is 22.7 Å². The molecule has 0 spiro atoms. The van der Waals surface area contributed by atoms with Crippen LogP contribution in [0.4, 0.5) is 18.9 Å². The molecule has 1 amide bonds. The quantitative estimate of drug-likeness (QED) is 0.397. The Labute approximate surface area is 206 Å². The molecule has 0 unspecified atom stereocenters. The van der Waals surface area contributed by atoms with E-state index < -0.39 is 17.6 Å². The van der Waals surface area contributed by atoms with E-state index >= 15 is 0 Å². The maximum Gasteiger partial charge on any atom is 0.416 e. The Kier molecular flexibility index (Phi) is 7.65. The van der Waals surface area contributed by atoms with Gasteiger partial charge in [-0.3, -0.25) is 14.8 Å². The Morgan fingerprint density at radius 3 is 2.72 bits per heavy atom. The largest absolute Gasteiger partial charge is 0.457 e. The summed E-state index contributed by atoms with van der Waals surface area (Å²) < 4.78 is 45.6. The Morgan fingerprint density at radius 1 is 1.14 bits per heavy atom. The molecule has 2 aromatic carbocycles. The van der Waals surface area contributed by atoms with Crippen LogP contribution in [-0.4, -0.2) is 36.9 Å². The van der Waals surface area contributed by atoms with Gasteiger partial charge in [-0.25, -0.2) is 0 Å². The van der Waals surface area contributed by atoms with Gasteiger partial charge in [-0.1, -0.05) is 12.1 Å². The fourth-order valence-corrected chi connectivity index (χ4v) is 3.58. The molecule has 1 aromatic heterocycles. The molecule has 0 radical (unpaired) electrons. The molecule has 0 atom stereocenters. The predicted octanol–water partition coefficient (Wildman–Crippen LogP) is 4.61. The van der Waals surface area contributed by atoms with Gasteiger partial charge in [0.15, 0.2) is 0 Å². The van der Waals surface area contributed by atoms with Crippen LogP contribution in [0.2, 0.25) is 0 Å². The van der Waals surface area contributed by atoms with Crippen molar-refractivity contribution in [3.63, 3.8) is 0 Å². The van der Waals surface area contributed by atoms with Gasteiger partial charge in [-0.2, -0.15) is 13.2 Å². The number of amidine groups is 1. The van der Waals surface area contributed by atoms with E-state index in [9.17, 15) is 18.0 Å². The Balaban J connectivity index is 1.43. The Hall–Kier alpha value is -4.18. The van der Waals surface area contributed by atoms with Crippen LogP contribution < -0.4 is 20.7 Å². The highest BCUT2D eigenvalue weighted by Gasteiger charge is 2.31. The summed E-state index contributed by atoms with van der Waals surface area (Å²) >= 11 is 0. The van der Waals surface area contributed by atoms with Gasteiger partial charge < -0.3 is 20.7 Å². The average molecular weight is 496 g/mol. The number of hydrogen-bond donors (Lipinski definition) is 3. The van der Waals surface area contributed by atoms with Crippen LogP contribution in [0, 0.1) is 0 Å². The minimum Gasteiger partial charge on any atom is -0.457 e. The Morgan fingerprint density at radius 2 is 1.97 bits per heavy atom. The van der Waals surface area contributed by atoms with Gasteiger partial charge in [-0.15, -0.1) is 0 Å². The smallest absolute Gasteiger partial charge is 0.416 e. The summed E-state index contributed by atoms with van der Waals surface area (Å²) in [4.78, 5) is 21.1. The van der Waals surface area contributed by atoms with Crippen molar-refractivity contribution in [2.24, 2.45) is 4.99 Å². The van der Waals surface area contributed by atoms with Gasteiger partial charge in [0.25, 0.3) is 0 Å². The molecular weight excluding hydrogens is 471 g/mol. The monoisotopic (exact) mass is 495 g/mol. The van der Waals surface area contributed by atoms with E-state index in [1.165, 1.54) is 12.1 Å². The number of benzene rings is 2. The summed E-state index contributed by atoms with van der Waals surface area (Å²) in [6.45, 7) is 1.71. The van der Waals surface area contributed by atoms with E-state index in [-0.39, 0.29) is 12.2 Å². The minimum atomic E-state index is -4.52. The van der Waals surface area contributed by atoms with Crippen molar-refractivity contribution in [3.05, 3.63) is 89.3 Å². The number of pyridine rings is 1. The first-order valence-corrected chi connectivity index (χ1v) is 11.2. The SMILES string of the molecule is CNCc1cc(NC(=O)/C=C/c2cccc(Oc3ccnc(C4=NCCN4)c3)c2)cc(C(F)(F)F)c1. The summed E-state index contributed by atoms with van der Waals surface area (Å²) in [6, 6.07) is 14.0. The molecule has 36 heavy (non-hydrogen) atoms. The number of nitrogens with one attached hydrogen (secondary N) is 3. The highest BCUT2D eigenvalue weighted by molar-refractivity contribution is 6.02. The number of anilines is 1. The van der Waals surface area contributed by atoms with Crippen LogP contribution in [0.15, 0.2) is 71.9 Å². The zero-order valence-corrected chi connectivity index (χ0v) is 19.4. The second-order valence-electron chi connectivity index (χ2n) is 7.98. The second-order valence-corrected chi connectivity index (χ2v) is 7.98. The van der Waals surface area contributed by atoms with E-state index in [0.29, 0.717) is 34.9 Å². The summed E-state index contributed by atoms with van der Waals surface area (Å²) in [5.41, 5.74) is 1.02. The van der Waals surface area contributed by atoms with Crippen molar-refractivity contribution in [1.29, 1.82) is 0 Å². The molecular formula is C26H24F3N5O2. The first-order valence-electron chi connectivity index (χ1n) is 11.2. The molecule has 0 aliphatic carbocycles. The number of amides is 1. The topological polar surface area (TPSA) is 87.6 Å². The normalized spacial score (nSPS) is 13.4. The van der Waals surface area contributed by atoms with E-state index in [2.05, 4.69) is 25.9 Å². The number of ether oxygens (including phenoxy) is 1. The van der Waals surface area contributed by atoms with E-state index in [1.807, 2.05) is 0 Å². The molecule has 3 N–H and O–H groups in total. The van der Waals surface area contributed by atoms with Crippen LogP contribution in [-0.2, 0) is 17.5 Å². The zero-order chi connectivity index (χ0) is 25.5. The summed E-state index contributed by atoms with van der Waals surface area (Å²) in [6.07, 6.45) is -0.0712. The number of aliphatic imine (C=N–C) groups is 1. The van der Waals surface area contributed by atoms with Crippen LogP contribution in [0.5, 0.6) is 11.5 Å². The third-order valence-electron chi connectivity index (χ3n) is 5.14. The van der Waals surface area contributed by atoms with Crippen molar-refractivity contribution in [3.8, 4) is 11.5 Å². The second kappa shape index (κ2) is 11.0. The average Bonchev–Trinajstić information content (AvgIpc) is 3.38. The number of alkyl halides is 3. The van der Waals surface area contributed by atoms with Crippen molar-refractivity contribution in [2.75, 3.05) is 25.5 Å². The lowest BCUT2D eigenvalue weighted by atomic mass is 10.1. The number of halogens is 3. The number of hydrogen-bond acceptors (Lipinski definition) is 6. The third-order valence-corrected chi connectivity index (χ3v) is 5.14. The van der Waals surface area contributed by atoms with E-state index in [1.54, 1.807) is 55.7 Å². The van der Waals surface area contributed by atoms with Crippen LogP contribution in [0.1, 0.15) is 22.4 Å². The van der Waals surface area contributed by atoms with Crippen molar-refractivity contribution >= 4 is 23.5 Å². The number of rotatable bonds is 8. The fraction of sp³-hybridized carbons (Fsp3) is 0.192. The van der Waals surface area contributed by atoms with Crippen LogP contribution >= 0.6 is 0 Å². The lowest BCUT2D eigenvalue weighted by molar-refractivity contribution is -0.137. The standard InChI is InChI=1S/C26H24F3N5O2/c1-30-16-18-11-19(26(27,28)29)14-20(12-18)34-24(35)6-5-17-3-2-4-21(13-17)36-22-7-8-31-23(15-22)25-32-9-10-33-25/h2-8,11-15,30H,9-10,16H2,1H3,(H,32,33)(H,34,35)/b6-5+. The van der Waals surface area contributed by atoms with E-state index in [4.69, 9.17) is 4.74 Å². The van der Waals surface area contributed by atoms with Gasteiger partial charge in [0.1, 0.15) is 23.0 Å². The lowest BCUT2D eigenvalue weighted by Crippen LogP contribution is -2.20. The number of aromatic nitrogens is 1. The molecule has 1 aliphatic heterocycles. The molecule has 2 heterocycles. The molecule has 3 aromatic rings. The molecule has 10 heteroatoms. The zero-order valence-electron chi connectivity index (χ0n) is 19.4. The first-order chi connectivity index (χ1) is 17.3. The molecule has 7 nitrogen and oxygen atoms in total. The summed E-state index contributed by atoms with van der Waals surface area (Å²) in [5.74, 6) is 1.30. The van der Waals surface area contributed by atoms with Gasteiger partial charge in [0.2, 0.25) is 5.91 Å². The van der Waals surface area contributed by atoms with Crippen molar-refractivity contribution in [1.82, 2.24) is 15.6 Å². The molecule has 0 bridgehead atoms. The van der Waals surface area contributed by atoms with Gasteiger partial charge in [-0.05, 0) is 60.6 Å². The molecule has 0 saturated carbocycles. The van der Waals surface area contributed by atoms with Gasteiger partial charge in [0.05, 0.1) is 12.1 Å². The maximum absolute atomic E-state index is 13.2. The molecule has 0 saturated heterocycles. The van der Waals surface area contributed by atoms with E-state index in [0.717, 1.165) is 24.5 Å². The molecule has 186 valence electrons. The maximum atomic E-state index is 13.2. The molecule has 1 aliphatic rings.